The number of nitrogens with zero attached hydrogens (tertiary/aromatic N) is 5. The molecular weight excluding hydrogens is 394 g/mol. The highest BCUT2D eigenvalue weighted by atomic mass is 16.5. The molecule has 158 valence electrons. The van der Waals surface area contributed by atoms with Gasteiger partial charge in [-0.3, -0.25) is 4.79 Å². The zero-order chi connectivity index (χ0) is 21.5. The molecule has 8 nitrogen and oxygen atoms in total. The standard InChI is InChI=1S/C23H23N5O3/c1-17-22(18-9-4-2-5-10-18)31-20(24-17)13-14-21(29)30-16-8-15-28-26-23(25-27-28)19-11-6-3-7-12-19/h2-7,9-12H,8,13-16H2,1H3. The van der Waals surface area contributed by atoms with Crippen LogP contribution in [0.3, 0.4) is 0 Å². The summed E-state index contributed by atoms with van der Waals surface area (Å²) in [6.07, 6.45) is 1.22. The van der Waals surface area contributed by atoms with Crippen molar-refractivity contribution in [2.45, 2.75) is 32.7 Å². The van der Waals surface area contributed by atoms with E-state index in [1.165, 1.54) is 4.80 Å². The molecule has 0 aliphatic carbocycles. The maximum atomic E-state index is 12.0. The van der Waals surface area contributed by atoms with E-state index in [0.717, 1.165) is 22.6 Å². The number of esters is 1. The van der Waals surface area contributed by atoms with Crippen LogP contribution >= 0.6 is 0 Å². The normalized spacial score (nSPS) is 10.9. The van der Waals surface area contributed by atoms with Gasteiger partial charge in [-0.15, -0.1) is 10.2 Å². The fraction of sp³-hybridized carbons (Fsp3) is 0.261. The molecule has 2 aromatic heterocycles. The van der Waals surface area contributed by atoms with Crippen molar-refractivity contribution in [3.05, 3.63) is 72.2 Å². The number of benzene rings is 2. The van der Waals surface area contributed by atoms with Crippen molar-refractivity contribution in [3.63, 3.8) is 0 Å². The van der Waals surface area contributed by atoms with Crippen LogP contribution in [-0.2, 0) is 22.5 Å². The number of carbonyl (C=O) groups is 1. The molecule has 0 saturated heterocycles. The molecule has 0 spiro atoms. The summed E-state index contributed by atoms with van der Waals surface area (Å²) in [5, 5.41) is 12.4. The van der Waals surface area contributed by atoms with Gasteiger partial charge < -0.3 is 9.15 Å². The van der Waals surface area contributed by atoms with E-state index in [0.29, 0.717) is 37.7 Å². The molecule has 0 aliphatic rings. The van der Waals surface area contributed by atoms with Crippen molar-refractivity contribution in [2.24, 2.45) is 0 Å². The molecule has 0 fully saturated rings. The number of tetrazole rings is 1. The minimum absolute atomic E-state index is 0.216. The Balaban J connectivity index is 1.19. The maximum absolute atomic E-state index is 12.0. The SMILES string of the molecule is Cc1nc(CCC(=O)OCCCn2nnc(-c3ccccc3)n2)oc1-c1ccccc1. The van der Waals surface area contributed by atoms with E-state index >= 15 is 0 Å². The summed E-state index contributed by atoms with van der Waals surface area (Å²) in [4.78, 5) is 18.0. The van der Waals surface area contributed by atoms with E-state index in [2.05, 4.69) is 20.4 Å². The summed E-state index contributed by atoms with van der Waals surface area (Å²) >= 11 is 0. The van der Waals surface area contributed by atoms with Crippen LogP contribution in [-0.4, -0.2) is 37.8 Å². The van der Waals surface area contributed by atoms with Gasteiger partial charge in [-0.1, -0.05) is 60.7 Å². The third kappa shape index (κ3) is 5.42. The van der Waals surface area contributed by atoms with Crippen LogP contribution in [0.5, 0.6) is 0 Å². The predicted molar refractivity (Wildman–Crippen MR) is 114 cm³/mol. The lowest BCUT2D eigenvalue weighted by atomic mass is 10.1. The maximum Gasteiger partial charge on any atom is 0.306 e. The lowest BCUT2D eigenvalue weighted by Crippen LogP contribution is -2.10. The van der Waals surface area contributed by atoms with E-state index in [9.17, 15) is 4.79 Å². The zero-order valence-electron chi connectivity index (χ0n) is 17.3. The summed E-state index contributed by atoms with van der Waals surface area (Å²) in [5.41, 5.74) is 2.70. The summed E-state index contributed by atoms with van der Waals surface area (Å²) in [6, 6.07) is 19.5. The molecule has 4 aromatic rings. The Morgan fingerprint density at radius 2 is 1.74 bits per heavy atom. The van der Waals surface area contributed by atoms with Crippen molar-refractivity contribution in [2.75, 3.05) is 6.61 Å². The first-order chi connectivity index (χ1) is 15.2. The number of aromatic nitrogens is 5. The molecule has 2 heterocycles. The Morgan fingerprint density at radius 1 is 1.03 bits per heavy atom. The Kier molecular flexibility index (Phi) is 6.47. The molecule has 2 aromatic carbocycles. The smallest absolute Gasteiger partial charge is 0.306 e. The van der Waals surface area contributed by atoms with Crippen molar-refractivity contribution < 1.29 is 13.9 Å². The summed E-state index contributed by atoms with van der Waals surface area (Å²) in [6.45, 7) is 2.71. The van der Waals surface area contributed by atoms with Crippen molar-refractivity contribution in [3.8, 4) is 22.7 Å². The van der Waals surface area contributed by atoms with Crippen LogP contribution in [0.4, 0.5) is 0 Å². The molecule has 0 atom stereocenters. The Bertz CT molecular complexity index is 1120. The Labute approximate surface area is 179 Å². The lowest BCUT2D eigenvalue weighted by molar-refractivity contribution is -0.143. The highest BCUT2D eigenvalue weighted by molar-refractivity contribution is 5.69. The first-order valence-electron chi connectivity index (χ1n) is 10.2. The number of hydrogen-bond acceptors (Lipinski definition) is 7. The second-order valence-corrected chi connectivity index (χ2v) is 7.04. The van der Waals surface area contributed by atoms with Crippen LogP contribution in [0.25, 0.3) is 22.7 Å². The summed E-state index contributed by atoms with van der Waals surface area (Å²) < 4.78 is 11.1. The number of aryl methyl sites for hydroxylation is 3. The molecule has 4 rings (SSSR count). The highest BCUT2D eigenvalue weighted by Crippen LogP contribution is 2.24. The molecule has 0 unspecified atom stereocenters. The van der Waals surface area contributed by atoms with Gasteiger partial charge in [0, 0.05) is 24.0 Å². The van der Waals surface area contributed by atoms with Gasteiger partial charge in [0.1, 0.15) is 0 Å². The number of rotatable bonds is 9. The third-order valence-corrected chi connectivity index (χ3v) is 4.67. The predicted octanol–water partition coefficient (Wildman–Crippen LogP) is 3.87. The molecule has 0 radical (unpaired) electrons. The molecule has 0 aliphatic heterocycles. The molecule has 0 amide bonds. The Hall–Kier alpha value is -3.81. The van der Waals surface area contributed by atoms with E-state index in [1.807, 2.05) is 67.6 Å². The average molecular weight is 417 g/mol. The quantitative estimate of drug-likeness (QED) is 0.301. The van der Waals surface area contributed by atoms with Gasteiger partial charge >= 0.3 is 5.97 Å². The fourth-order valence-corrected chi connectivity index (χ4v) is 3.13. The van der Waals surface area contributed by atoms with Gasteiger partial charge in [-0.05, 0) is 12.1 Å². The van der Waals surface area contributed by atoms with Crippen molar-refractivity contribution in [1.29, 1.82) is 0 Å². The van der Waals surface area contributed by atoms with E-state index in [1.54, 1.807) is 0 Å². The van der Waals surface area contributed by atoms with Gasteiger partial charge in [0.05, 0.1) is 25.3 Å². The van der Waals surface area contributed by atoms with Crippen molar-refractivity contribution >= 4 is 5.97 Å². The van der Waals surface area contributed by atoms with Gasteiger partial charge in [0.15, 0.2) is 11.7 Å². The molecule has 0 saturated carbocycles. The monoisotopic (exact) mass is 417 g/mol. The summed E-state index contributed by atoms with van der Waals surface area (Å²) in [7, 11) is 0. The first-order valence-corrected chi connectivity index (χ1v) is 10.2. The molecule has 0 bridgehead atoms. The zero-order valence-corrected chi connectivity index (χ0v) is 17.3. The molecule has 8 heteroatoms. The first kappa shape index (κ1) is 20.5. The second kappa shape index (κ2) is 9.80. The van der Waals surface area contributed by atoms with Crippen LogP contribution in [0.15, 0.2) is 65.1 Å². The lowest BCUT2D eigenvalue weighted by Gasteiger charge is -2.03. The largest absolute Gasteiger partial charge is 0.466 e. The summed E-state index contributed by atoms with van der Waals surface area (Å²) in [5.74, 6) is 1.56. The van der Waals surface area contributed by atoms with Gasteiger partial charge in [0.25, 0.3) is 0 Å². The van der Waals surface area contributed by atoms with E-state index in [-0.39, 0.29) is 12.4 Å². The van der Waals surface area contributed by atoms with E-state index in [4.69, 9.17) is 9.15 Å². The van der Waals surface area contributed by atoms with Crippen LogP contribution < -0.4 is 0 Å². The number of carbonyl (C=O) groups excluding carboxylic acids is 1. The minimum atomic E-state index is -0.284. The topological polar surface area (TPSA) is 95.9 Å². The number of ether oxygens (including phenoxy) is 1. The molecular formula is C23H23N5O3. The number of oxazole rings is 1. The highest BCUT2D eigenvalue weighted by Gasteiger charge is 2.13. The molecule has 0 N–H and O–H groups in total. The average Bonchev–Trinajstić information content (AvgIpc) is 3.43. The van der Waals surface area contributed by atoms with Gasteiger partial charge in [-0.2, -0.15) is 4.80 Å². The van der Waals surface area contributed by atoms with Crippen LogP contribution in [0.1, 0.15) is 24.4 Å². The number of hydrogen-bond donors (Lipinski definition) is 0. The Morgan fingerprint density at radius 3 is 2.48 bits per heavy atom. The minimum Gasteiger partial charge on any atom is -0.466 e. The van der Waals surface area contributed by atoms with Gasteiger partial charge in [0.2, 0.25) is 5.82 Å². The fourth-order valence-electron chi connectivity index (χ4n) is 3.13. The molecule has 31 heavy (non-hydrogen) atoms. The van der Waals surface area contributed by atoms with Gasteiger partial charge in [-0.25, -0.2) is 4.98 Å². The second-order valence-electron chi connectivity index (χ2n) is 7.04. The van der Waals surface area contributed by atoms with Crippen LogP contribution in [0, 0.1) is 6.92 Å². The third-order valence-electron chi connectivity index (χ3n) is 4.67. The van der Waals surface area contributed by atoms with Crippen LogP contribution in [0.2, 0.25) is 0 Å². The van der Waals surface area contributed by atoms with E-state index < -0.39 is 0 Å². The van der Waals surface area contributed by atoms with Crippen molar-refractivity contribution in [1.82, 2.24) is 25.2 Å².